The summed E-state index contributed by atoms with van der Waals surface area (Å²) in [6, 6.07) is 12.9. The lowest BCUT2D eigenvalue weighted by atomic mass is 10.3. The van der Waals surface area contributed by atoms with Gasteiger partial charge in [0.25, 0.3) is 0 Å². The monoisotopic (exact) mass is 352 g/mol. The van der Waals surface area contributed by atoms with E-state index in [0.717, 1.165) is 0 Å². The average molecular weight is 353 g/mol. The maximum Gasteiger partial charge on any atom is 0.344 e. The molecule has 0 saturated carbocycles. The zero-order chi connectivity index (χ0) is 17.4. The normalized spacial score (nSPS) is 11.6. The topological polar surface area (TPSA) is 85.2 Å². The molecule has 0 fully saturated rings. The van der Waals surface area contributed by atoms with Crippen molar-refractivity contribution in [2.75, 3.05) is 19.8 Å². The van der Waals surface area contributed by atoms with E-state index in [1.807, 2.05) is 0 Å². The Hall–Kier alpha value is -2.44. The van der Waals surface area contributed by atoms with Gasteiger partial charge < -0.3 is 24.4 Å². The van der Waals surface area contributed by atoms with Crippen LogP contribution in [0.4, 0.5) is 0 Å². The molecular weight excluding hydrogens is 336 g/mol. The predicted octanol–water partition coefficient (Wildman–Crippen LogP) is 2.41. The van der Waals surface area contributed by atoms with Gasteiger partial charge in [0.1, 0.15) is 25.1 Å². The Morgan fingerprint density at radius 1 is 1.04 bits per heavy atom. The van der Waals surface area contributed by atoms with Crippen LogP contribution in [0, 0.1) is 0 Å². The molecule has 2 aromatic carbocycles. The van der Waals surface area contributed by atoms with Gasteiger partial charge in [0.15, 0.2) is 18.1 Å². The zero-order valence-corrected chi connectivity index (χ0v) is 13.5. The van der Waals surface area contributed by atoms with Gasteiger partial charge in [-0.25, -0.2) is 4.79 Å². The van der Waals surface area contributed by atoms with Crippen molar-refractivity contribution >= 4 is 17.6 Å². The first-order valence-corrected chi connectivity index (χ1v) is 7.55. The van der Waals surface area contributed by atoms with Gasteiger partial charge in [-0.1, -0.05) is 23.7 Å². The van der Waals surface area contributed by atoms with Crippen molar-refractivity contribution in [2.24, 2.45) is 0 Å². The number of hydrogen-bond acceptors (Lipinski definition) is 6. The van der Waals surface area contributed by atoms with E-state index in [1.54, 1.807) is 36.4 Å². The first-order chi connectivity index (χ1) is 11.5. The van der Waals surface area contributed by atoms with Gasteiger partial charge in [-0.2, -0.15) is 0 Å². The predicted molar refractivity (Wildman–Crippen MR) is 87.5 cm³/mol. The molecule has 0 heterocycles. The SMILES string of the molecule is O=C(COc1ccccc1O)OCC(O)COc1ccc(Cl)cc1. The summed E-state index contributed by atoms with van der Waals surface area (Å²) >= 11 is 5.75. The lowest BCUT2D eigenvalue weighted by Crippen LogP contribution is -2.27. The highest BCUT2D eigenvalue weighted by molar-refractivity contribution is 6.30. The minimum atomic E-state index is -0.977. The maximum atomic E-state index is 11.5. The minimum absolute atomic E-state index is 0.0325. The molecule has 0 radical (unpaired) electrons. The summed E-state index contributed by atoms with van der Waals surface area (Å²) in [4.78, 5) is 11.5. The molecule has 0 amide bonds. The third-order valence-electron chi connectivity index (χ3n) is 2.90. The van der Waals surface area contributed by atoms with E-state index >= 15 is 0 Å². The quantitative estimate of drug-likeness (QED) is 0.710. The van der Waals surface area contributed by atoms with Gasteiger partial charge in [-0.05, 0) is 36.4 Å². The highest BCUT2D eigenvalue weighted by atomic mass is 35.5. The van der Waals surface area contributed by atoms with Crippen LogP contribution in [0.2, 0.25) is 5.02 Å². The Bertz CT molecular complexity index is 658. The molecule has 0 saturated heterocycles. The van der Waals surface area contributed by atoms with Gasteiger partial charge in [0, 0.05) is 5.02 Å². The molecule has 1 atom stereocenters. The largest absolute Gasteiger partial charge is 0.504 e. The molecule has 24 heavy (non-hydrogen) atoms. The fourth-order valence-corrected chi connectivity index (χ4v) is 1.84. The molecule has 128 valence electrons. The maximum absolute atomic E-state index is 11.5. The molecule has 7 heteroatoms. The second-order valence-electron chi connectivity index (χ2n) is 4.86. The fourth-order valence-electron chi connectivity index (χ4n) is 1.72. The van der Waals surface area contributed by atoms with Gasteiger partial charge >= 0.3 is 5.97 Å². The van der Waals surface area contributed by atoms with E-state index in [-0.39, 0.29) is 31.3 Å². The molecule has 0 aliphatic heterocycles. The second-order valence-corrected chi connectivity index (χ2v) is 5.29. The molecule has 2 N–H and O–H groups in total. The lowest BCUT2D eigenvalue weighted by Gasteiger charge is -2.13. The molecule has 0 aliphatic carbocycles. The molecule has 6 nitrogen and oxygen atoms in total. The first-order valence-electron chi connectivity index (χ1n) is 7.17. The van der Waals surface area contributed by atoms with Crippen molar-refractivity contribution in [3.63, 3.8) is 0 Å². The van der Waals surface area contributed by atoms with Gasteiger partial charge in [-0.3, -0.25) is 0 Å². The van der Waals surface area contributed by atoms with Crippen molar-refractivity contribution in [3.8, 4) is 17.2 Å². The summed E-state index contributed by atoms with van der Waals surface area (Å²) < 4.78 is 15.3. The lowest BCUT2D eigenvalue weighted by molar-refractivity contribution is -0.149. The Balaban J connectivity index is 1.65. The number of hydrogen-bond donors (Lipinski definition) is 2. The number of halogens is 1. The standard InChI is InChI=1S/C17H17ClO6/c18-12-5-7-14(8-6-12)22-9-13(19)10-24-17(21)11-23-16-4-2-1-3-15(16)20/h1-8,13,19-20H,9-11H2. The highest BCUT2D eigenvalue weighted by Gasteiger charge is 2.11. The third-order valence-corrected chi connectivity index (χ3v) is 3.16. The Morgan fingerprint density at radius 3 is 2.46 bits per heavy atom. The van der Waals surface area contributed by atoms with E-state index in [9.17, 15) is 15.0 Å². The number of rotatable bonds is 8. The van der Waals surface area contributed by atoms with Crippen molar-refractivity contribution in [1.29, 1.82) is 0 Å². The number of aromatic hydroxyl groups is 1. The molecule has 0 aliphatic rings. The molecule has 0 bridgehead atoms. The summed E-state index contributed by atoms with van der Waals surface area (Å²) in [5, 5.41) is 19.8. The molecule has 0 spiro atoms. The number of carbonyl (C=O) groups excluding carboxylic acids is 1. The second kappa shape index (κ2) is 9.00. The number of benzene rings is 2. The minimum Gasteiger partial charge on any atom is -0.504 e. The van der Waals surface area contributed by atoms with Crippen molar-refractivity contribution in [1.82, 2.24) is 0 Å². The van der Waals surface area contributed by atoms with Crippen LogP contribution in [-0.4, -0.2) is 42.1 Å². The number of aliphatic hydroxyl groups excluding tert-OH is 1. The first kappa shape index (κ1) is 17.9. The van der Waals surface area contributed by atoms with Crippen LogP contribution in [-0.2, 0) is 9.53 Å². The Labute approximate surface area is 144 Å². The van der Waals surface area contributed by atoms with E-state index in [2.05, 4.69) is 0 Å². The van der Waals surface area contributed by atoms with E-state index in [4.69, 9.17) is 25.8 Å². The van der Waals surface area contributed by atoms with Gasteiger partial charge in [0.05, 0.1) is 0 Å². The van der Waals surface area contributed by atoms with E-state index in [1.165, 1.54) is 12.1 Å². The van der Waals surface area contributed by atoms with E-state index < -0.39 is 12.1 Å². The van der Waals surface area contributed by atoms with E-state index in [0.29, 0.717) is 10.8 Å². The summed E-state index contributed by atoms with van der Waals surface area (Å²) in [5.41, 5.74) is 0. The van der Waals surface area contributed by atoms with Crippen molar-refractivity contribution < 1.29 is 29.2 Å². The molecule has 0 aromatic heterocycles. The van der Waals surface area contributed by atoms with Crippen LogP contribution in [0.1, 0.15) is 0 Å². The highest BCUT2D eigenvalue weighted by Crippen LogP contribution is 2.24. The number of para-hydroxylation sites is 2. The third kappa shape index (κ3) is 5.98. The zero-order valence-electron chi connectivity index (χ0n) is 12.7. The molecule has 2 aromatic rings. The Kier molecular flexibility index (Phi) is 6.72. The van der Waals surface area contributed by atoms with Crippen LogP contribution in [0.3, 0.4) is 0 Å². The van der Waals surface area contributed by atoms with Gasteiger partial charge in [0.2, 0.25) is 0 Å². The van der Waals surface area contributed by atoms with Crippen LogP contribution < -0.4 is 9.47 Å². The van der Waals surface area contributed by atoms with Crippen LogP contribution in [0.25, 0.3) is 0 Å². The number of aliphatic hydroxyl groups is 1. The average Bonchev–Trinajstić information content (AvgIpc) is 2.58. The van der Waals surface area contributed by atoms with Crippen LogP contribution in [0.15, 0.2) is 48.5 Å². The molecule has 1 unspecified atom stereocenters. The molecule has 2 rings (SSSR count). The summed E-state index contributed by atoms with van der Waals surface area (Å²) in [7, 11) is 0. The van der Waals surface area contributed by atoms with Gasteiger partial charge in [-0.15, -0.1) is 0 Å². The number of esters is 1. The van der Waals surface area contributed by atoms with Crippen LogP contribution >= 0.6 is 11.6 Å². The number of phenolic OH excluding ortho intramolecular Hbond substituents is 1. The number of ether oxygens (including phenoxy) is 3. The smallest absolute Gasteiger partial charge is 0.344 e. The number of phenols is 1. The fraction of sp³-hybridized carbons (Fsp3) is 0.235. The summed E-state index contributed by atoms with van der Waals surface area (Å²) in [6.45, 7) is -0.631. The van der Waals surface area contributed by atoms with Crippen molar-refractivity contribution in [2.45, 2.75) is 6.10 Å². The Morgan fingerprint density at radius 2 is 1.75 bits per heavy atom. The van der Waals surface area contributed by atoms with Crippen molar-refractivity contribution in [3.05, 3.63) is 53.6 Å². The number of carbonyl (C=O) groups is 1. The van der Waals surface area contributed by atoms with Crippen LogP contribution in [0.5, 0.6) is 17.2 Å². The molecular formula is C17H17ClO6. The summed E-state index contributed by atoms with van der Waals surface area (Å²) in [6.07, 6.45) is -0.977. The summed E-state index contributed by atoms with van der Waals surface area (Å²) in [5.74, 6) is -0.000715.